The molecule has 2 aliphatic rings. The van der Waals surface area contributed by atoms with E-state index < -0.39 is 17.6 Å². The first kappa shape index (κ1) is 13.9. The third kappa shape index (κ3) is 2.37. The molecule has 21 heavy (non-hydrogen) atoms. The summed E-state index contributed by atoms with van der Waals surface area (Å²) >= 11 is 0. The second kappa shape index (κ2) is 4.76. The fourth-order valence-corrected chi connectivity index (χ4v) is 3.17. The molecule has 0 aliphatic carbocycles. The van der Waals surface area contributed by atoms with Gasteiger partial charge in [0.15, 0.2) is 5.72 Å². The summed E-state index contributed by atoms with van der Waals surface area (Å²) in [5, 5.41) is 2.81. The van der Waals surface area contributed by atoms with E-state index in [-0.39, 0.29) is 17.9 Å². The summed E-state index contributed by atoms with van der Waals surface area (Å²) in [6, 6.07) is 7.55. The third-order valence-corrected chi connectivity index (χ3v) is 3.94. The van der Waals surface area contributed by atoms with Crippen molar-refractivity contribution in [2.24, 2.45) is 5.92 Å². The van der Waals surface area contributed by atoms with Crippen LogP contribution in [0.25, 0.3) is 0 Å². The molecule has 0 radical (unpaired) electrons. The predicted octanol–water partition coefficient (Wildman–Crippen LogP) is 1.97. The highest BCUT2D eigenvalue weighted by atomic mass is 16.5. The van der Waals surface area contributed by atoms with Crippen LogP contribution in [0, 0.1) is 5.92 Å². The average Bonchev–Trinajstić information content (AvgIpc) is 2.36. The van der Waals surface area contributed by atoms with Crippen molar-refractivity contribution in [2.45, 2.75) is 44.9 Å². The summed E-state index contributed by atoms with van der Waals surface area (Å²) in [7, 11) is 0. The van der Waals surface area contributed by atoms with Gasteiger partial charge in [-0.25, -0.2) is 0 Å². The van der Waals surface area contributed by atoms with Gasteiger partial charge in [-0.15, -0.1) is 0 Å². The number of benzene rings is 1. The standard InChI is InChI=1S/C16H19NO4/c1-9(2)20-15(19)13-11-8-16(3,17-14(13)18)21-12-7-5-4-6-10(11)12/h4-7,9,11,13H,8H2,1-3H3,(H,17,18)/t11-,13+,16-/m0/s1. The van der Waals surface area contributed by atoms with Crippen molar-refractivity contribution in [1.29, 1.82) is 0 Å². The number of esters is 1. The monoisotopic (exact) mass is 289 g/mol. The summed E-state index contributed by atoms with van der Waals surface area (Å²) in [4.78, 5) is 24.7. The van der Waals surface area contributed by atoms with Crippen LogP contribution in [0.2, 0.25) is 0 Å². The van der Waals surface area contributed by atoms with E-state index in [4.69, 9.17) is 9.47 Å². The van der Waals surface area contributed by atoms with E-state index in [0.717, 1.165) is 11.3 Å². The van der Waals surface area contributed by atoms with Crippen LogP contribution in [0.3, 0.4) is 0 Å². The molecule has 2 aliphatic heterocycles. The molecule has 112 valence electrons. The fourth-order valence-electron chi connectivity index (χ4n) is 3.17. The van der Waals surface area contributed by atoms with Crippen molar-refractivity contribution in [3.63, 3.8) is 0 Å². The van der Waals surface area contributed by atoms with Gasteiger partial charge in [-0.05, 0) is 32.4 Å². The molecule has 0 aromatic heterocycles. The van der Waals surface area contributed by atoms with Gasteiger partial charge in [-0.2, -0.15) is 0 Å². The Morgan fingerprint density at radius 1 is 1.43 bits per heavy atom. The van der Waals surface area contributed by atoms with Gasteiger partial charge in [-0.3, -0.25) is 9.59 Å². The number of piperidine rings is 1. The van der Waals surface area contributed by atoms with Crippen molar-refractivity contribution in [3.8, 4) is 5.75 Å². The number of rotatable bonds is 2. The molecule has 0 unspecified atom stereocenters. The number of fused-ring (bicyclic) bond motifs is 4. The van der Waals surface area contributed by atoms with Gasteiger partial charge in [0.25, 0.3) is 0 Å². The number of nitrogens with one attached hydrogen (secondary N) is 1. The van der Waals surface area contributed by atoms with Gasteiger partial charge in [0.2, 0.25) is 5.91 Å². The molecule has 5 nitrogen and oxygen atoms in total. The number of ether oxygens (including phenoxy) is 2. The number of hydrogen-bond acceptors (Lipinski definition) is 4. The van der Waals surface area contributed by atoms with Gasteiger partial charge < -0.3 is 14.8 Å². The molecular weight excluding hydrogens is 270 g/mol. The maximum Gasteiger partial charge on any atom is 0.319 e. The van der Waals surface area contributed by atoms with Crippen LogP contribution in [0.5, 0.6) is 5.75 Å². The molecule has 0 spiro atoms. The van der Waals surface area contributed by atoms with Crippen LogP contribution < -0.4 is 10.1 Å². The lowest BCUT2D eigenvalue weighted by molar-refractivity contribution is -0.163. The zero-order valence-electron chi connectivity index (χ0n) is 12.4. The zero-order valence-corrected chi connectivity index (χ0v) is 12.4. The summed E-state index contributed by atoms with van der Waals surface area (Å²) in [5.74, 6) is -1.09. The van der Waals surface area contributed by atoms with E-state index in [1.807, 2.05) is 31.2 Å². The van der Waals surface area contributed by atoms with Crippen LogP contribution >= 0.6 is 0 Å². The minimum absolute atomic E-state index is 0.208. The Hall–Kier alpha value is -2.04. The van der Waals surface area contributed by atoms with Gasteiger partial charge >= 0.3 is 5.97 Å². The quantitative estimate of drug-likeness (QED) is 0.668. The van der Waals surface area contributed by atoms with Gasteiger partial charge in [0, 0.05) is 12.3 Å². The largest absolute Gasteiger partial charge is 0.468 e. The molecule has 3 atom stereocenters. The molecular formula is C16H19NO4. The number of amides is 1. The van der Waals surface area contributed by atoms with E-state index in [0.29, 0.717) is 6.42 Å². The lowest BCUT2D eigenvalue weighted by Crippen LogP contribution is -2.62. The van der Waals surface area contributed by atoms with Crippen molar-refractivity contribution in [2.75, 3.05) is 0 Å². The van der Waals surface area contributed by atoms with Crippen molar-refractivity contribution in [3.05, 3.63) is 29.8 Å². The highest BCUT2D eigenvalue weighted by molar-refractivity contribution is 6.00. The zero-order chi connectivity index (χ0) is 15.2. The van der Waals surface area contributed by atoms with Crippen molar-refractivity contribution in [1.82, 2.24) is 5.32 Å². The highest BCUT2D eigenvalue weighted by Crippen LogP contribution is 2.46. The molecule has 3 rings (SSSR count). The third-order valence-electron chi connectivity index (χ3n) is 3.94. The Labute approximate surface area is 123 Å². The Balaban J connectivity index is 2.01. The minimum Gasteiger partial charge on any atom is -0.468 e. The summed E-state index contributed by atoms with van der Waals surface area (Å²) in [6.45, 7) is 5.39. The topological polar surface area (TPSA) is 64.6 Å². The fraction of sp³-hybridized carbons (Fsp3) is 0.500. The normalized spacial score (nSPS) is 30.2. The lowest BCUT2D eigenvalue weighted by atomic mass is 9.75. The van der Waals surface area contributed by atoms with E-state index in [1.54, 1.807) is 13.8 Å². The molecule has 2 heterocycles. The Bertz CT molecular complexity index is 598. The average molecular weight is 289 g/mol. The number of carbonyl (C=O) groups is 2. The van der Waals surface area contributed by atoms with Crippen LogP contribution in [-0.2, 0) is 14.3 Å². The van der Waals surface area contributed by atoms with Gasteiger partial charge in [0.05, 0.1) is 6.10 Å². The summed E-state index contributed by atoms with van der Waals surface area (Å²) < 4.78 is 11.1. The molecule has 5 heteroatoms. The molecule has 1 aromatic rings. The van der Waals surface area contributed by atoms with Gasteiger partial charge in [0.1, 0.15) is 11.7 Å². The van der Waals surface area contributed by atoms with Gasteiger partial charge in [-0.1, -0.05) is 18.2 Å². The van der Waals surface area contributed by atoms with Crippen LogP contribution in [-0.4, -0.2) is 23.7 Å². The van der Waals surface area contributed by atoms with Crippen LogP contribution in [0.15, 0.2) is 24.3 Å². The molecule has 1 saturated heterocycles. The molecule has 1 aromatic carbocycles. The van der Waals surface area contributed by atoms with Crippen molar-refractivity contribution < 1.29 is 19.1 Å². The highest BCUT2D eigenvalue weighted by Gasteiger charge is 2.52. The predicted molar refractivity (Wildman–Crippen MR) is 75.7 cm³/mol. The maximum atomic E-state index is 12.4. The van der Waals surface area contributed by atoms with E-state index in [1.165, 1.54) is 0 Å². The second-order valence-corrected chi connectivity index (χ2v) is 6.13. The van der Waals surface area contributed by atoms with E-state index >= 15 is 0 Å². The molecule has 1 fully saturated rings. The maximum absolute atomic E-state index is 12.4. The molecule has 1 N–H and O–H groups in total. The van der Waals surface area contributed by atoms with Crippen LogP contribution in [0.1, 0.15) is 38.7 Å². The first-order valence-corrected chi connectivity index (χ1v) is 7.20. The first-order valence-electron chi connectivity index (χ1n) is 7.20. The van der Waals surface area contributed by atoms with E-state index in [2.05, 4.69) is 5.32 Å². The lowest BCUT2D eigenvalue weighted by Gasteiger charge is -2.46. The second-order valence-electron chi connectivity index (χ2n) is 6.13. The van der Waals surface area contributed by atoms with Crippen LogP contribution in [0.4, 0.5) is 0 Å². The Morgan fingerprint density at radius 3 is 2.86 bits per heavy atom. The summed E-state index contributed by atoms with van der Waals surface area (Å²) in [5.41, 5.74) is 0.139. The molecule has 2 bridgehead atoms. The minimum atomic E-state index is -0.814. The molecule has 0 saturated carbocycles. The Kier molecular flexibility index (Phi) is 3.15. The van der Waals surface area contributed by atoms with Crippen molar-refractivity contribution >= 4 is 11.9 Å². The first-order chi connectivity index (χ1) is 9.89. The number of hydrogen-bond donors (Lipinski definition) is 1. The Morgan fingerprint density at radius 2 is 2.14 bits per heavy atom. The summed E-state index contributed by atoms with van der Waals surface area (Å²) in [6.07, 6.45) is 0.321. The SMILES string of the molecule is CC(C)OC(=O)[C@H]1C(=O)N[C@]2(C)C[C@H]1c1ccccc1O2. The molecule has 1 amide bonds. The smallest absolute Gasteiger partial charge is 0.319 e. The number of para-hydroxylation sites is 1. The van der Waals surface area contributed by atoms with E-state index in [9.17, 15) is 9.59 Å². The number of carbonyl (C=O) groups excluding carboxylic acids is 2.